The zero-order valence-electron chi connectivity index (χ0n) is 12.1. The Kier molecular flexibility index (Phi) is 3.06. The van der Waals surface area contributed by atoms with Gasteiger partial charge in [0.2, 0.25) is 5.91 Å². The molecule has 110 valence electrons. The molecule has 2 bridgehead atoms. The van der Waals surface area contributed by atoms with E-state index in [0.29, 0.717) is 6.04 Å². The number of aromatic nitrogens is 1. The maximum absolute atomic E-state index is 12.4. The van der Waals surface area contributed by atoms with Crippen molar-refractivity contribution in [1.82, 2.24) is 10.3 Å². The predicted molar refractivity (Wildman–Crippen MR) is 84.0 cm³/mol. The maximum atomic E-state index is 12.4. The Morgan fingerprint density at radius 2 is 2.14 bits per heavy atom. The summed E-state index contributed by atoms with van der Waals surface area (Å²) < 4.78 is -0.584. The molecule has 0 spiro atoms. The number of hydrogen-bond acceptors (Lipinski definition) is 4. The van der Waals surface area contributed by atoms with Crippen LogP contribution in [0.5, 0.6) is 0 Å². The molecule has 3 fully saturated rings. The fourth-order valence-electron chi connectivity index (χ4n) is 3.92. The van der Waals surface area contributed by atoms with Crippen LogP contribution in [-0.2, 0) is 9.54 Å². The Morgan fingerprint density at radius 1 is 1.33 bits per heavy atom. The van der Waals surface area contributed by atoms with E-state index in [4.69, 9.17) is 4.99 Å². The number of aliphatic imine (C=N–C) groups is 1. The molecule has 2 heterocycles. The summed E-state index contributed by atoms with van der Waals surface area (Å²) in [5.41, 5.74) is 0.984. The highest BCUT2D eigenvalue weighted by Crippen LogP contribution is 2.47. The molecule has 0 aromatic carbocycles. The van der Waals surface area contributed by atoms with Crippen LogP contribution in [0.15, 0.2) is 29.5 Å². The van der Waals surface area contributed by atoms with E-state index >= 15 is 0 Å². The van der Waals surface area contributed by atoms with Crippen LogP contribution in [0.2, 0.25) is 0 Å². The van der Waals surface area contributed by atoms with E-state index in [1.807, 2.05) is 19.1 Å². The number of pyridine rings is 1. The van der Waals surface area contributed by atoms with Crippen molar-refractivity contribution in [2.75, 3.05) is 0 Å². The lowest BCUT2D eigenvalue weighted by molar-refractivity contribution is -0.121. The van der Waals surface area contributed by atoms with E-state index in [-0.39, 0.29) is 5.91 Å². The molecular weight excluding hydrogens is 282 g/mol. The number of nitrogens with one attached hydrogen (secondary N) is 1. The molecule has 5 heteroatoms. The fraction of sp³-hybridized carbons (Fsp3) is 0.562. The normalized spacial score (nSPS) is 40.0. The van der Waals surface area contributed by atoms with Crippen molar-refractivity contribution in [2.24, 2.45) is 16.8 Å². The van der Waals surface area contributed by atoms with Crippen LogP contribution in [0.3, 0.4) is 0 Å². The highest BCUT2D eigenvalue weighted by Gasteiger charge is 2.45. The average Bonchev–Trinajstić information content (AvgIpc) is 3.16. The SMILES string of the molecule is CC1(c2ccncc2)SC(=NC2C[C@H]3CC[C@@H]2C3)NC1=O. The molecule has 2 saturated carbocycles. The van der Waals surface area contributed by atoms with E-state index in [9.17, 15) is 4.79 Å². The van der Waals surface area contributed by atoms with Crippen LogP contribution >= 0.6 is 11.8 Å². The standard InChI is InChI=1S/C16H19N3OS/c1-16(12-4-6-17-7-5-12)14(20)19-15(21-16)18-13-9-10-2-3-11(13)8-10/h4-7,10-11,13H,2-3,8-9H2,1H3,(H,18,19,20)/t10-,11+,13?,16?/m0/s1. The molecule has 1 amide bonds. The molecule has 1 aromatic rings. The van der Waals surface area contributed by atoms with Crippen molar-refractivity contribution < 1.29 is 4.79 Å². The third-order valence-electron chi connectivity index (χ3n) is 5.17. The molecule has 1 aliphatic heterocycles. The molecule has 4 rings (SSSR count). The van der Waals surface area contributed by atoms with Gasteiger partial charge in [0.15, 0.2) is 5.17 Å². The number of nitrogens with zero attached hydrogens (tertiary/aromatic N) is 2. The third-order valence-corrected chi connectivity index (χ3v) is 6.40. The molecule has 1 aromatic heterocycles. The number of hydrogen-bond donors (Lipinski definition) is 1. The van der Waals surface area contributed by atoms with Gasteiger partial charge in [0.25, 0.3) is 0 Å². The largest absolute Gasteiger partial charge is 0.304 e. The zero-order valence-corrected chi connectivity index (χ0v) is 12.9. The lowest BCUT2D eigenvalue weighted by Crippen LogP contribution is -2.32. The van der Waals surface area contributed by atoms with Gasteiger partial charge in [-0.05, 0) is 55.7 Å². The maximum Gasteiger partial charge on any atom is 0.246 e. The van der Waals surface area contributed by atoms with Crippen LogP contribution in [0.4, 0.5) is 0 Å². The average molecular weight is 301 g/mol. The Hall–Kier alpha value is -1.36. The minimum atomic E-state index is -0.584. The van der Waals surface area contributed by atoms with Gasteiger partial charge in [-0.1, -0.05) is 18.2 Å². The zero-order chi connectivity index (χ0) is 14.4. The summed E-state index contributed by atoms with van der Waals surface area (Å²) in [6, 6.07) is 4.24. The molecule has 3 aliphatic rings. The third kappa shape index (κ3) is 2.18. The van der Waals surface area contributed by atoms with E-state index in [1.54, 1.807) is 24.2 Å². The van der Waals surface area contributed by atoms with Gasteiger partial charge in [-0.2, -0.15) is 0 Å². The van der Waals surface area contributed by atoms with Gasteiger partial charge in [-0.15, -0.1) is 0 Å². The van der Waals surface area contributed by atoms with E-state index in [1.165, 1.54) is 25.7 Å². The summed E-state index contributed by atoms with van der Waals surface area (Å²) in [6.45, 7) is 1.96. The highest BCUT2D eigenvalue weighted by atomic mass is 32.2. The van der Waals surface area contributed by atoms with Crippen molar-refractivity contribution >= 4 is 22.8 Å². The fourth-order valence-corrected chi connectivity index (χ4v) is 5.04. The first kappa shape index (κ1) is 13.3. The molecule has 1 saturated heterocycles. The molecule has 21 heavy (non-hydrogen) atoms. The number of amides is 1. The summed E-state index contributed by atoms with van der Waals surface area (Å²) in [5, 5.41) is 3.79. The van der Waals surface area contributed by atoms with Crippen molar-refractivity contribution in [3.63, 3.8) is 0 Å². The summed E-state index contributed by atoms with van der Waals surface area (Å²) in [5.74, 6) is 1.64. The molecule has 4 atom stereocenters. The molecule has 2 aliphatic carbocycles. The molecule has 2 unspecified atom stereocenters. The molecule has 1 N–H and O–H groups in total. The first-order valence-corrected chi connectivity index (χ1v) is 8.45. The van der Waals surface area contributed by atoms with E-state index < -0.39 is 4.75 Å². The van der Waals surface area contributed by atoms with Gasteiger partial charge >= 0.3 is 0 Å². The van der Waals surface area contributed by atoms with Gasteiger partial charge in [0, 0.05) is 12.4 Å². The summed E-state index contributed by atoms with van der Waals surface area (Å²) >= 11 is 1.55. The Labute approximate surface area is 128 Å². The number of thioether (sulfide) groups is 1. The van der Waals surface area contributed by atoms with Crippen LogP contribution < -0.4 is 5.32 Å². The Morgan fingerprint density at radius 3 is 2.81 bits per heavy atom. The predicted octanol–water partition coefficient (Wildman–Crippen LogP) is 2.70. The summed E-state index contributed by atoms with van der Waals surface area (Å²) in [4.78, 5) is 21.3. The quantitative estimate of drug-likeness (QED) is 0.914. The van der Waals surface area contributed by atoms with Crippen LogP contribution in [-0.4, -0.2) is 22.1 Å². The highest BCUT2D eigenvalue weighted by molar-refractivity contribution is 8.15. The van der Waals surface area contributed by atoms with Gasteiger partial charge in [0.1, 0.15) is 4.75 Å². The van der Waals surface area contributed by atoms with Gasteiger partial charge in [-0.25, -0.2) is 0 Å². The second kappa shape index (κ2) is 4.83. The topological polar surface area (TPSA) is 54.4 Å². The minimum Gasteiger partial charge on any atom is -0.304 e. The van der Waals surface area contributed by atoms with Crippen molar-refractivity contribution in [1.29, 1.82) is 0 Å². The Bertz CT molecular complexity index is 603. The molecular formula is C16H19N3OS. The number of carbonyl (C=O) groups is 1. The molecule has 0 radical (unpaired) electrons. The van der Waals surface area contributed by atoms with Crippen LogP contribution in [0, 0.1) is 11.8 Å². The second-order valence-electron chi connectivity index (χ2n) is 6.50. The number of fused-ring (bicyclic) bond motifs is 2. The van der Waals surface area contributed by atoms with E-state index in [2.05, 4.69) is 10.3 Å². The first-order valence-electron chi connectivity index (χ1n) is 7.64. The van der Waals surface area contributed by atoms with Gasteiger partial charge in [0.05, 0.1) is 6.04 Å². The first-order chi connectivity index (χ1) is 10.1. The van der Waals surface area contributed by atoms with Crippen molar-refractivity contribution in [3.05, 3.63) is 30.1 Å². The lowest BCUT2D eigenvalue weighted by Gasteiger charge is -2.19. The number of rotatable bonds is 2. The number of carbonyl (C=O) groups excluding carboxylic acids is 1. The van der Waals surface area contributed by atoms with Crippen LogP contribution in [0.25, 0.3) is 0 Å². The van der Waals surface area contributed by atoms with Gasteiger partial charge in [-0.3, -0.25) is 14.8 Å². The minimum absolute atomic E-state index is 0.0283. The van der Waals surface area contributed by atoms with Gasteiger partial charge < -0.3 is 5.32 Å². The van der Waals surface area contributed by atoms with E-state index in [0.717, 1.165) is 22.6 Å². The van der Waals surface area contributed by atoms with Crippen molar-refractivity contribution in [2.45, 2.75) is 43.4 Å². The lowest BCUT2D eigenvalue weighted by atomic mass is 9.96. The number of amidine groups is 1. The molecule has 4 nitrogen and oxygen atoms in total. The summed E-state index contributed by atoms with van der Waals surface area (Å²) in [7, 11) is 0. The van der Waals surface area contributed by atoms with Crippen LogP contribution in [0.1, 0.15) is 38.2 Å². The smallest absolute Gasteiger partial charge is 0.246 e. The monoisotopic (exact) mass is 301 g/mol. The van der Waals surface area contributed by atoms with Crippen molar-refractivity contribution in [3.8, 4) is 0 Å². The Balaban J connectivity index is 1.57. The summed E-state index contributed by atoms with van der Waals surface area (Å²) in [6.07, 6.45) is 8.70. The second-order valence-corrected chi connectivity index (χ2v) is 7.91.